The zero-order valence-corrected chi connectivity index (χ0v) is 13.8. The predicted octanol–water partition coefficient (Wildman–Crippen LogP) is 2.91. The largest absolute Gasteiger partial charge is 0.394 e. The van der Waals surface area contributed by atoms with E-state index in [1.807, 2.05) is 17.0 Å². The van der Waals surface area contributed by atoms with Gasteiger partial charge in [-0.25, -0.2) is 4.39 Å². The van der Waals surface area contributed by atoms with Crippen LogP contribution >= 0.6 is 0 Å². The van der Waals surface area contributed by atoms with Crippen molar-refractivity contribution in [3.63, 3.8) is 0 Å². The molecule has 0 spiro atoms. The third-order valence-electron chi connectivity index (χ3n) is 4.61. The van der Waals surface area contributed by atoms with Crippen molar-refractivity contribution < 1.29 is 9.50 Å². The van der Waals surface area contributed by atoms with Gasteiger partial charge in [-0.2, -0.15) is 5.10 Å². The first-order valence-electron chi connectivity index (χ1n) is 8.53. The highest BCUT2D eigenvalue weighted by Crippen LogP contribution is 2.27. The van der Waals surface area contributed by atoms with Crippen LogP contribution in [0.5, 0.6) is 0 Å². The number of likely N-dealkylation sites (tertiary alicyclic amines) is 1. The lowest BCUT2D eigenvalue weighted by molar-refractivity contribution is 0.223. The Hall–Kier alpha value is -1.98. The average Bonchev–Trinajstić information content (AvgIpc) is 3.06. The molecule has 5 heteroatoms. The number of hydrogen-bond acceptors (Lipinski definition) is 3. The summed E-state index contributed by atoms with van der Waals surface area (Å²) in [7, 11) is 0. The Morgan fingerprint density at radius 1 is 1.17 bits per heavy atom. The molecule has 1 N–H and O–H groups in total. The molecule has 128 valence electrons. The number of halogens is 1. The first kappa shape index (κ1) is 16.9. The molecule has 1 aromatic heterocycles. The van der Waals surface area contributed by atoms with Gasteiger partial charge < -0.3 is 5.11 Å². The molecule has 0 unspecified atom stereocenters. The summed E-state index contributed by atoms with van der Waals surface area (Å²) >= 11 is 0. The van der Waals surface area contributed by atoms with Crippen LogP contribution in [-0.4, -0.2) is 46.0 Å². The van der Waals surface area contributed by atoms with Gasteiger partial charge in [0.05, 0.1) is 13.2 Å². The molecule has 0 saturated carbocycles. The van der Waals surface area contributed by atoms with Gasteiger partial charge in [0.15, 0.2) is 0 Å². The molecule has 2 aromatic rings. The molecule has 1 aliphatic heterocycles. The molecule has 0 amide bonds. The van der Waals surface area contributed by atoms with E-state index in [0.29, 0.717) is 12.5 Å². The molecule has 1 saturated heterocycles. The van der Waals surface area contributed by atoms with Crippen LogP contribution in [0.4, 0.5) is 4.39 Å². The summed E-state index contributed by atoms with van der Waals surface area (Å²) in [6, 6.07) is 8.63. The van der Waals surface area contributed by atoms with Gasteiger partial charge in [-0.1, -0.05) is 24.3 Å². The van der Waals surface area contributed by atoms with Gasteiger partial charge in [-0.05, 0) is 49.7 Å². The van der Waals surface area contributed by atoms with E-state index in [0.717, 1.165) is 38.0 Å². The van der Waals surface area contributed by atoms with E-state index in [9.17, 15) is 4.39 Å². The van der Waals surface area contributed by atoms with E-state index in [4.69, 9.17) is 5.11 Å². The topological polar surface area (TPSA) is 41.3 Å². The maximum absolute atomic E-state index is 12.9. The van der Waals surface area contributed by atoms with Crippen molar-refractivity contribution in [2.24, 2.45) is 0 Å². The third kappa shape index (κ3) is 4.30. The third-order valence-corrected chi connectivity index (χ3v) is 4.61. The van der Waals surface area contributed by atoms with Crippen LogP contribution in [0.2, 0.25) is 0 Å². The minimum absolute atomic E-state index is 0.127. The van der Waals surface area contributed by atoms with E-state index in [-0.39, 0.29) is 12.4 Å². The fraction of sp³-hybridized carbons (Fsp3) is 0.421. The van der Waals surface area contributed by atoms with Crippen molar-refractivity contribution in [3.8, 4) is 0 Å². The first-order valence-corrected chi connectivity index (χ1v) is 8.53. The highest BCUT2D eigenvalue weighted by Gasteiger charge is 2.22. The fourth-order valence-corrected chi connectivity index (χ4v) is 3.29. The molecule has 0 aliphatic carbocycles. The monoisotopic (exact) mass is 329 g/mol. The zero-order valence-electron chi connectivity index (χ0n) is 13.8. The number of rotatable bonds is 6. The Morgan fingerprint density at radius 3 is 2.62 bits per heavy atom. The van der Waals surface area contributed by atoms with Gasteiger partial charge in [0.1, 0.15) is 5.82 Å². The second kappa shape index (κ2) is 8.22. The Morgan fingerprint density at radius 2 is 1.92 bits per heavy atom. The van der Waals surface area contributed by atoms with E-state index < -0.39 is 0 Å². The highest BCUT2D eigenvalue weighted by molar-refractivity contribution is 5.48. The molecule has 24 heavy (non-hydrogen) atoms. The maximum Gasteiger partial charge on any atom is 0.123 e. The SMILES string of the molecule is OCCn1nccc1C1CCN(C/C=C/c2ccc(F)cc2)CC1. The fourth-order valence-electron chi connectivity index (χ4n) is 3.29. The molecule has 0 atom stereocenters. The number of aliphatic hydroxyl groups is 1. The van der Waals surface area contributed by atoms with Crippen LogP contribution in [0.25, 0.3) is 6.08 Å². The maximum atomic E-state index is 12.9. The smallest absolute Gasteiger partial charge is 0.123 e. The van der Waals surface area contributed by atoms with Gasteiger partial charge >= 0.3 is 0 Å². The van der Waals surface area contributed by atoms with Gasteiger partial charge in [0.25, 0.3) is 0 Å². The summed E-state index contributed by atoms with van der Waals surface area (Å²) < 4.78 is 14.8. The Balaban J connectivity index is 1.48. The van der Waals surface area contributed by atoms with Crippen molar-refractivity contribution in [2.75, 3.05) is 26.2 Å². The van der Waals surface area contributed by atoms with E-state index in [2.05, 4.69) is 22.1 Å². The first-order chi connectivity index (χ1) is 11.8. The second-order valence-corrected chi connectivity index (χ2v) is 6.23. The lowest BCUT2D eigenvalue weighted by atomic mass is 9.93. The van der Waals surface area contributed by atoms with Crippen molar-refractivity contribution in [1.29, 1.82) is 0 Å². The van der Waals surface area contributed by atoms with Crippen LogP contribution in [0.3, 0.4) is 0 Å². The number of nitrogens with zero attached hydrogens (tertiary/aromatic N) is 3. The van der Waals surface area contributed by atoms with Crippen molar-refractivity contribution in [1.82, 2.24) is 14.7 Å². The van der Waals surface area contributed by atoms with Gasteiger partial charge in [-0.3, -0.25) is 9.58 Å². The molecule has 4 nitrogen and oxygen atoms in total. The summed E-state index contributed by atoms with van der Waals surface area (Å²) in [5.74, 6) is 0.325. The number of benzene rings is 1. The normalized spacial score (nSPS) is 16.9. The average molecular weight is 329 g/mol. The van der Waals surface area contributed by atoms with Gasteiger partial charge in [-0.15, -0.1) is 0 Å². The van der Waals surface area contributed by atoms with E-state index >= 15 is 0 Å². The lowest BCUT2D eigenvalue weighted by Crippen LogP contribution is -2.33. The van der Waals surface area contributed by atoms with Gasteiger partial charge in [0.2, 0.25) is 0 Å². The molecule has 1 aliphatic rings. The van der Waals surface area contributed by atoms with Crippen molar-refractivity contribution >= 4 is 6.08 Å². The molecule has 0 bridgehead atoms. The molecular formula is C19H24FN3O. The van der Waals surface area contributed by atoms with Crippen molar-refractivity contribution in [3.05, 3.63) is 59.7 Å². The number of hydrogen-bond donors (Lipinski definition) is 1. The predicted molar refractivity (Wildman–Crippen MR) is 93.2 cm³/mol. The highest BCUT2D eigenvalue weighted by atomic mass is 19.1. The molecule has 3 rings (SSSR count). The van der Waals surface area contributed by atoms with Crippen LogP contribution in [0, 0.1) is 5.82 Å². The summed E-state index contributed by atoms with van der Waals surface area (Å²) in [6.45, 7) is 3.73. The standard InChI is InChI=1S/C19H24FN3O/c20-18-5-3-16(4-6-18)2-1-11-22-12-8-17(9-13-22)19-7-10-21-23(19)14-15-24/h1-7,10,17,24H,8-9,11-15H2/b2-1+. The molecule has 0 radical (unpaired) electrons. The number of aromatic nitrogens is 2. The summed E-state index contributed by atoms with van der Waals surface area (Å²) in [5, 5.41) is 13.4. The molecular weight excluding hydrogens is 305 g/mol. The van der Waals surface area contributed by atoms with Crippen LogP contribution in [-0.2, 0) is 6.54 Å². The quantitative estimate of drug-likeness (QED) is 0.886. The van der Waals surface area contributed by atoms with Crippen LogP contribution < -0.4 is 0 Å². The van der Waals surface area contributed by atoms with Crippen molar-refractivity contribution in [2.45, 2.75) is 25.3 Å². The summed E-state index contributed by atoms with van der Waals surface area (Å²) in [4.78, 5) is 2.43. The minimum Gasteiger partial charge on any atom is -0.394 e. The molecule has 1 aromatic carbocycles. The van der Waals surface area contributed by atoms with Crippen LogP contribution in [0.15, 0.2) is 42.6 Å². The Labute approximate surface area is 142 Å². The summed E-state index contributed by atoms with van der Waals surface area (Å²) in [5.41, 5.74) is 2.27. The Kier molecular flexibility index (Phi) is 5.77. The molecule has 1 fully saturated rings. The second-order valence-electron chi connectivity index (χ2n) is 6.23. The zero-order chi connectivity index (χ0) is 16.8. The van der Waals surface area contributed by atoms with E-state index in [1.165, 1.54) is 17.8 Å². The summed E-state index contributed by atoms with van der Waals surface area (Å²) in [6.07, 6.45) is 8.23. The Bertz CT molecular complexity index is 658. The van der Waals surface area contributed by atoms with Gasteiger partial charge in [0, 0.05) is 24.4 Å². The van der Waals surface area contributed by atoms with E-state index in [1.54, 1.807) is 12.1 Å². The molecule has 2 heterocycles. The lowest BCUT2D eigenvalue weighted by Gasteiger charge is -2.31. The number of piperidine rings is 1. The minimum atomic E-state index is -0.199. The number of aliphatic hydroxyl groups excluding tert-OH is 1. The van der Waals surface area contributed by atoms with Crippen LogP contribution in [0.1, 0.15) is 30.0 Å².